The van der Waals surface area contributed by atoms with Crippen molar-refractivity contribution in [2.24, 2.45) is 0 Å². The van der Waals surface area contributed by atoms with Gasteiger partial charge in [0.15, 0.2) is 0 Å². The molecule has 3 aromatic rings. The SMILES string of the molecule is COc1cccc([C@@H]2C(C(=O)Nc3ccc(C)cc3C)=C(C)Nc3nnnn32)c1. The Bertz CT molecular complexity index is 1120. The Balaban J connectivity index is 1.77. The molecule has 2 N–H and O–H groups in total. The largest absolute Gasteiger partial charge is 0.497 e. The van der Waals surface area contributed by atoms with Gasteiger partial charge in [-0.05, 0) is 60.5 Å². The first-order valence-corrected chi connectivity index (χ1v) is 9.26. The molecule has 1 amide bonds. The Morgan fingerprint density at radius 1 is 1.17 bits per heavy atom. The number of anilines is 2. The molecule has 0 bridgehead atoms. The molecular formula is C21H22N6O2. The second kappa shape index (κ2) is 7.38. The molecule has 1 atom stereocenters. The monoisotopic (exact) mass is 390 g/mol. The highest BCUT2D eigenvalue weighted by Crippen LogP contribution is 2.36. The molecular weight excluding hydrogens is 368 g/mol. The zero-order chi connectivity index (χ0) is 20.5. The van der Waals surface area contributed by atoms with Crippen molar-refractivity contribution in [2.45, 2.75) is 26.8 Å². The number of hydrogen-bond donors (Lipinski definition) is 2. The van der Waals surface area contributed by atoms with Crippen molar-refractivity contribution in [3.05, 3.63) is 70.4 Å². The van der Waals surface area contributed by atoms with E-state index in [2.05, 4.69) is 26.2 Å². The van der Waals surface area contributed by atoms with Crippen LogP contribution in [0.2, 0.25) is 0 Å². The van der Waals surface area contributed by atoms with E-state index in [-0.39, 0.29) is 5.91 Å². The summed E-state index contributed by atoms with van der Waals surface area (Å²) in [6, 6.07) is 13.0. The molecule has 148 valence electrons. The number of allylic oxidation sites excluding steroid dienone is 1. The molecule has 0 radical (unpaired) electrons. The molecule has 0 unspecified atom stereocenters. The number of tetrazole rings is 1. The fourth-order valence-electron chi connectivity index (χ4n) is 3.57. The zero-order valence-corrected chi connectivity index (χ0v) is 16.7. The van der Waals surface area contributed by atoms with Crippen molar-refractivity contribution >= 4 is 17.5 Å². The van der Waals surface area contributed by atoms with E-state index in [1.165, 1.54) is 0 Å². The number of carbonyl (C=O) groups is 1. The van der Waals surface area contributed by atoms with Crippen LogP contribution in [0.5, 0.6) is 5.75 Å². The molecule has 0 fully saturated rings. The smallest absolute Gasteiger partial charge is 0.255 e. The summed E-state index contributed by atoms with van der Waals surface area (Å²) < 4.78 is 6.98. The van der Waals surface area contributed by atoms with E-state index in [4.69, 9.17) is 4.74 Å². The van der Waals surface area contributed by atoms with Gasteiger partial charge in [0, 0.05) is 11.4 Å². The van der Waals surface area contributed by atoms with E-state index < -0.39 is 6.04 Å². The van der Waals surface area contributed by atoms with Crippen LogP contribution in [0.4, 0.5) is 11.6 Å². The van der Waals surface area contributed by atoms with Crippen LogP contribution in [0.3, 0.4) is 0 Å². The lowest BCUT2D eigenvalue weighted by molar-refractivity contribution is -0.113. The normalized spacial score (nSPS) is 15.5. The molecule has 1 aliphatic heterocycles. The van der Waals surface area contributed by atoms with Crippen molar-refractivity contribution < 1.29 is 9.53 Å². The second-order valence-electron chi connectivity index (χ2n) is 7.06. The first-order chi connectivity index (χ1) is 14.0. The summed E-state index contributed by atoms with van der Waals surface area (Å²) in [7, 11) is 1.61. The first-order valence-electron chi connectivity index (χ1n) is 9.26. The molecule has 2 aromatic carbocycles. The van der Waals surface area contributed by atoms with Crippen LogP contribution in [0.15, 0.2) is 53.7 Å². The molecule has 1 aromatic heterocycles. The molecule has 8 nitrogen and oxygen atoms in total. The highest BCUT2D eigenvalue weighted by atomic mass is 16.5. The van der Waals surface area contributed by atoms with Gasteiger partial charge in [-0.1, -0.05) is 34.9 Å². The van der Waals surface area contributed by atoms with E-state index >= 15 is 0 Å². The van der Waals surface area contributed by atoms with Gasteiger partial charge in [-0.25, -0.2) is 0 Å². The number of nitrogens with one attached hydrogen (secondary N) is 2. The van der Waals surface area contributed by atoms with Gasteiger partial charge >= 0.3 is 0 Å². The highest BCUT2D eigenvalue weighted by Gasteiger charge is 2.34. The summed E-state index contributed by atoms with van der Waals surface area (Å²) in [5.41, 5.74) is 5.00. The molecule has 4 rings (SSSR count). The minimum atomic E-state index is -0.484. The third-order valence-electron chi connectivity index (χ3n) is 5.00. The molecule has 1 aliphatic rings. The lowest BCUT2D eigenvalue weighted by Crippen LogP contribution is -2.31. The number of ether oxygens (including phenoxy) is 1. The molecule has 2 heterocycles. The standard InChI is InChI=1S/C21H22N6O2/c1-12-8-9-17(13(2)10-12)23-20(28)18-14(3)22-21-24-25-26-27(21)19(18)15-6-5-7-16(11-15)29-4/h5-11,19H,1-4H3,(H,23,28)(H,22,24,26)/t19-/m1/s1. The highest BCUT2D eigenvalue weighted by molar-refractivity contribution is 6.06. The van der Waals surface area contributed by atoms with E-state index in [1.807, 2.05) is 63.2 Å². The number of fused-ring (bicyclic) bond motifs is 1. The summed E-state index contributed by atoms with van der Waals surface area (Å²) in [4.78, 5) is 13.4. The van der Waals surface area contributed by atoms with E-state index in [9.17, 15) is 4.79 Å². The van der Waals surface area contributed by atoms with Crippen LogP contribution in [-0.4, -0.2) is 33.2 Å². The summed E-state index contributed by atoms with van der Waals surface area (Å²) in [5.74, 6) is 0.969. The van der Waals surface area contributed by atoms with Gasteiger partial charge in [0.2, 0.25) is 5.95 Å². The number of nitrogens with zero attached hydrogens (tertiary/aromatic N) is 4. The molecule has 8 heteroatoms. The van der Waals surface area contributed by atoms with Gasteiger partial charge in [0.1, 0.15) is 11.8 Å². The first kappa shape index (κ1) is 18.7. The fraction of sp³-hybridized carbons (Fsp3) is 0.238. The van der Waals surface area contributed by atoms with Crippen LogP contribution in [0.25, 0.3) is 0 Å². The number of benzene rings is 2. The van der Waals surface area contributed by atoms with Crippen LogP contribution >= 0.6 is 0 Å². The van der Waals surface area contributed by atoms with Gasteiger partial charge in [-0.15, -0.1) is 0 Å². The Hall–Kier alpha value is -3.68. The van der Waals surface area contributed by atoms with Crippen molar-refractivity contribution in [2.75, 3.05) is 17.7 Å². The predicted octanol–water partition coefficient (Wildman–Crippen LogP) is 3.23. The average molecular weight is 390 g/mol. The average Bonchev–Trinajstić information content (AvgIpc) is 3.17. The number of aryl methyl sites for hydroxylation is 2. The number of amides is 1. The van der Waals surface area contributed by atoms with Gasteiger partial charge in [0.05, 0.1) is 12.7 Å². The number of methoxy groups -OCH3 is 1. The van der Waals surface area contributed by atoms with Crippen LogP contribution in [-0.2, 0) is 4.79 Å². The summed E-state index contributed by atoms with van der Waals surface area (Å²) in [6.07, 6.45) is 0. The number of carbonyl (C=O) groups excluding carboxylic acids is 1. The molecule has 0 spiro atoms. The molecule has 0 saturated carbocycles. The lowest BCUT2D eigenvalue weighted by Gasteiger charge is -2.28. The third-order valence-corrected chi connectivity index (χ3v) is 5.00. The van der Waals surface area contributed by atoms with Gasteiger partial charge < -0.3 is 15.4 Å². The predicted molar refractivity (Wildman–Crippen MR) is 110 cm³/mol. The van der Waals surface area contributed by atoms with Crippen LogP contribution < -0.4 is 15.4 Å². The minimum Gasteiger partial charge on any atom is -0.497 e. The van der Waals surface area contributed by atoms with Crippen molar-refractivity contribution in [3.8, 4) is 5.75 Å². The maximum atomic E-state index is 13.4. The summed E-state index contributed by atoms with van der Waals surface area (Å²) in [5, 5.41) is 18.1. The van der Waals surface area contributed by atoms with Gasteiger partial charge in [0.25, 0.3) is 5.91 Å². The third kappa shape index (κ3) is 3.44. The van der Waals surface area contributed by atoms with Crippen molar-refractivity contribution in [3.63, 3.8) is 0 Å². The molecule has 0 aliphatic carbocycles. The fourth-order valence-corrected chi connectivity index (χ4v) is 3.57. The van der Waals surface area contributed by atoms with Gasteiger partial charge in [-0.2, -0.15) is 4.68 Å². The second-order valence-corrected chi connectivity index (χ2v) is 7.06. The van der Waals surface area contributed by atoms with Crippen molar-refractivity contribution in [1.29, 1.82) is 0 Å². The van der Waals surface area contributed by atoms with Gasteiger partial charge in [-0.3, -0.25) is 4.79 Å². The Morgan fingerprint density at radius 3 is 2.76 bits per heavy atom. The minimum absolute atomic E-state index is 0.212. The van der Waals surface area contributed by atoms with Crippen LogP contribution in [0, 0.1) is 13.8 Å². The summed E-state index contributed by atoms with van der Waals surface area (Å²) >= 11 is 0. The van der Waals surface area contributed by atoms with Crippen LogP contribution in [0.1, 0.15) is 29.7 Å². The van der Waals surface area contributed by atoms with Crippen molar-refractivity contribution in [1.82, 2.24) is 20.2 Å². The zero-order valence-electron chi connectivity index (χ0n) is 16.7. The number of aromatic nitrogens is 4. The quantitative estimate of drug-likeness (QED) is 0.710. The number of rotatable bonds is 4. The summed E-state index contributed by atoms with van der Waals surface area (Å²) in [6.45, 7) is 5.85. The maximum Gasteiger partial charge on any atom is 0.255 e. The van der Waals surface area contributed by atoms with E-state index in [1.54, 1.807) is 11.8 Å². The Morgan fingerprint density at radius 2 is 2.00 bits per heavy atom. The maximum absolute atomic E-state index is 13.4. The molecule has 0 saturated heterocycles. The topological polar surface area (TPSA) is 94.0 Å². The number of hydrogen-bond acceptors (Lipinski definition) is 6. The van der Waals surface area contributed by atoms with E-state index in [0.717, 1.165) is 22.4 Å². The Kier molecular flexibility index (Phi) is 4.75. The lowest BCUT2D eigenvalue weighted by atomic mass is 9.94. The van der Waals surface area contributed by atoms with E-state index in [0.29, 0.717) is 23.0 Å². The molecule has 29 heavy (non-hydrogen) atoms. The Labute approximate surface area is 168 Å².